The molecule has 160 valence electrons. The number of piperazine rings is 1. The van der Waals surface area contributed by atoms with E-state index in [1.165, 1.54) is 0 Å². The maximum atomic E-state index is 13.1. The molecule has 0 aromatic heterocycles. The van der Waals surface area contributed by atoms with Crippen LogP contribution in [-0.4, -0.2) is 62.3 Å². The monoisotopic (exact) mass is 433 g/mol. The Morgan fingerprint density at radius 3 is 2.32 bits per heavy atom. The number of rotatable bonds is 5. The molecule has 0 radical (unpaired) electrons. The molecule has 2 atom stereocenters. The van der Waals surface area contributed by atoms with Crippen molar-refractivity contribution in [3.8, 4) is 5.75 Å². The maximum Gasteiger partial charge on any atom is 0.243 e. The van der Waals surface area contributed by atoms with Crippen molar-refractivity contribution in [2.24, 2.45) is 11.1 Å². The van der Waals surface area contributed by atoms with Crippen molar-refractivity contribution >= 4 is 36.4 Å². The van der Waals surface area contributed by atoms with Gasteiger partial charge in [-0.3, -0.25) is 4.79 Å². The molecule has 1 aromatic carbocycles. The molecule has 1 aromatic rings. The number of ether oxygens (including phenoxy) is 2. The molecule has 1 saturated carbocycles. The average Bonchev–Trinajstić information content (AvgIpc) is 2.67. The molecule has 2 unspecified atom stereocenters. The second-order valence-electron chi connectivity index (χ2n) is 7.79. The molecule has 2 N–H and O–H groups in total. The number of methoxy groups -OCH3 is 1. The molecule has 8 heteroatoms. The Hall–Kier alpha value is -1.21. The van der Waals surface area contributed by atoms with Gasteiger partial charge in [0.1, 0.15) is 11.3 Å². The van der Waals surface area contributed by atoms with Crippen molar-refractivity contribution in [1.29, 1.82) is 0 Å². The van der Waals surface area contributed by atoms with Crippen LogP contribution in [0.4, 0.5) is 5.69 Å². The normalized spacial score (nSPS) is 25.8. The zero-order valence-electron chi connectivity index (χ0n) is 17.1. The van der Waals surface area contributed by atoms with Crippen molar-refractivity contribution in [2.45, 2.75) is 38.8 Å². The number of anilines is 1. The molecule has 28 heavy (non-hydrogen) atoms. The minimum absolute atomic E-state index is 0. The predicted octanol–water partition coefficient (Wildman–Crippen LogP) is 2.72. The predicted molar refractivity (Wildman–Crippen MR) is 117 cm³/mol. The lowest BCUT2D eigenvalue weighted by Crippen LogP contribution is -2.76. The van der Waals surface area contributed by atoms with E-state index in [1.807, 2.05) is 43.9 Å². The summed E-state index contributed by atoms with van der Waals surface area (Å²) in [6.45, 7) is 9.60. The largest absolute Gasteiger partial charge is 0.495 e. The summed E-state index contributed by atoms with van der Waals surface area (Å²) in [5.74, 6) is 0.917. The van der Waals surface area contributed by atoms with E-state index in [0.717, 1.165) is 24.5 Å². The van der Waals surface area contributed by atoms with Gasteiger partial charge in [0.25, 0.3) is 0 Å². The fourth-order valence-corrected chi connectivity index (χ4v) is 4.12. The maximum absolute atomic E-state index is 13.1. The number of benzene rings is 1. The van der Waals surface area contributed by atoms with Crippen molar-refractivity contribution in [3.63, 3.8) is 0 Å². The van der Waals surface area contributed by atoms with Crippen LogP contribution in [0.3, 0.4) is 0 Å². The van der Waals surface area contributed by atoms with Crippen molar-refractivity contribution in [3.05, 3.63) is 24.3 Å². The minimum Gasteiger partial charge on any atom is -0.495 e. The molecule has 0 bridgehead atoms. The number of hydrogen-bond donors (Lipinski definition) is 1. The van der Waals surface area contributed by atoms with E-state index < -0.39 is 5.54 Å². The van der Waals surface area contributed by atoms with Crippen LogP contribution in [0.15, 0.2) is 24.3 Å². The van der Waals surface area contributed by atoms with Gasteiger partial charge in [-0.15, -0.1) is 24.8 Å². The highest BCUT2D eigenvalue weighted by molar-refractivity contribution is 5.89. The summed E-state index contributed by atoms with van der Waals surface area (Å²) in [6, 6.07) is 8.00. The summed E-state index contributed by atoms with van der Waals surface area (Å²) in [7, 11) is 1.68. The van der Waals surface area contributed by atoms with Crippen LogP contribution in [0.5, 0.6) is 5.75 Å². The highest BCUT2D eigenvalue weighted by atomic mass is 35.5. The second kappa shape index (κ2) is 9.53. The van der Waals surface area contributed by atoms with E-state index in [0.29, 0.717) is 26.1 Å². The number of hydrogen-bond acceptors (Lipinski definition) is 5. The van der Waals surface area contributed by atoms with Gasteiger partial charge in [-0.2, -0.15) is 0 Å². The van der Waals surface area contributed by atoms with Crippen LogP contribution in [0.1, 0.15) is 27.2 Å². The summed E-state index contributed by atoms with van der Waals surface area (Å²) >= 11 is 0. The minimum atomic E-state index is -0.834. The average molecular weight is 434 g/mol. The van der Waals surface area contributed by atoms with Gasteiger partial charge in [0, 0.05) is 44.6 Å². The highest BCUT2D eigenvalue weighted by Crippen LogP contribution is 2.50. The third-order valence-corrected chi connectivity index (χ3v) is 6.20. The van der Waals surface area contributed by atoms with Gasteiger partial charge in [-0.05, 0) is 19.1 Å². The van der Waals surface area contributed by atoms with Gasteiger partial charge >= 0.3 is 0 Å². The molecule has 2 aliphatic rings. The van der Waals surface area contributed by atoms with Crippen molar-refractivity contribution in [1.82, 2.24) is 4.90 Å². The van der Waals surface area contributed by atoms with Gasteiger partial charge in [0.15, 0.2) is 0 Å². The fraction of sp³-hybridized carbons (Fsp3) is 0.650. The number of nitrogens with zero attached hydrogens (tertiary/aromatic N) is 2. The van der Waals surface area contributed by atoms with Crippen LogP contribution in [0.2, 0.25) is 0 Å². The highest BCUT2D eigenvalue weighted by Gasteiger charge is 2.63. The standard InChI is InChI=1S/C20H31N3O3.2ClH/c1-5-26-17-14-20(21,19(17,2)3)18(24)23-12-10-22(11-13-23)15-8-6-7-9-16(15)25-4;;/h6-9,17H,5,10-14,21H2,1-4H3;2*1H. The Labute approximate surface area is 180 Å². The number of amides is 1. The van der Waals surface area contributed by atoms with Crippen LogP contribution in [0.25, 0.3) is 0 Å². The summed E-state index contributed by atoms with van der Waals surface area (Å²) in [5, 5.41) is 0. The Morgan fingerprint density at radius 1 is 1.18 bits per heavy atom. The summed E-state index contributed by atoms with van der Waals surface area (Å²) in [4.78, 5) is 17.3. The second-order valence-corrected chi connectivity index (χ2v) is 7.79. The molecule has 1 aliphatic heterocycles. The first kappa shape index (κ1) is 24.8. The summed E-state index contributed by atoms with van der Waals surface area (Å²) in [5.41, 5.74) is 6.46. The Morgan fingerprint density at radius 2 is 1.79 bits per heavy atom. The Balaban J connectivity index is 0.00000196. The SMILES string of the molecule is CCOC1CC(N)(C(=O)N2CCN(c3ccccc3OC)CC2)C1(C)C.Cl.Cl. The van der Waals surface area contributed by atoms with E-state index in [2.05, 4.69) is 11.0 Å². The lowest BCUT2D eigenvalue weighted by Gasteiger charge is -2.59. The topological polar surface area (TPSA) is 68.0 Å². The Kier molecular flexibility index (Phi) is 8.45. The third-order valence-electron chi connectivity index (χ3n) is 6.20. The fourth-order valence-electron chi connectivity index (χ4n) is 4.12. The zero-order chi connectivity index (χ0) is 18.9. The number of nitrogens with two attached hydrogens (primary N) is 1. The smallest absolute Gasteiger partial charge is 0.243 e. The van der Waals surface area contributed by atoms with E-state index >= 15 is 0 Å². The van der Waals surface area contributed by atoms with Crippen LogP contribution in [-0.2, 0) is 9.53 Å². The zero-order valence-corrected chi connectivity index (χ0v) is 18.8. The molecule has 0 spiro atoms. The third kappa shape index (κ3) is 4.06. The van der Waals surface area contributed by atoms with Crippen LogP contribution < -0.4 is 15.4 Å². The lowest BCUT2D eigenvalue weighted by atomic mass is 9.54. The van der Waals surface area contributed by atoms with Gasteiger partial charge in [0.05, 0.1) is 18.9 Å². The Bertz CT molecular complexity index is 666. The van der Waals surface area contributed by atoms with Gasteiger partial charge in [0.2, 0.25) is 5.91 Å². The van der Waals surface area contributed by atoms with E-state index in [1.54, 1.807) is 7.11 Å². The first-order valence-electron chi connectivity index (χ1n) is 9.43. The van der Waals surface area contributed by atoms with Gasteiger partial charge < -0.3 is 25.0 Å². The number of carbonyl (C=O) groups is 1. The first-order chi connectivity index (χ1) is 12.3. The molecule has 1 heterocycles. The van der Waals surface area contributed by atoms with Gasteiger partial charge in [-0.1, -0.05) is 26.0 Å². The summed E-state index contributed by atoms with van der Waals surface area (Å²) in [6.07, 6.45) is 0.649. The van der Waals surface area contributed by atoms with E-state index in [-0.39, 0.29) is 42.2 Å². The molecule has 1 aliphatic carbocycles. The molecular formula is C20H33Cl2N3O3. The molecule has 2 fully saturated rings. The van der Waals surface area contributed by atoms with E-state index in [4.69, 9.17) is 15.2 Å². The van der Waals surface area contributed by atoms with Crippen molar-refractivity contribution < 1.29 is 14.3 Å². The number of halogens is 2. The van der Waals surface area contributed by atoms with Crippen LogP contribution >= 0.6 is 24.8 Å². The molecular weight excluding hydrogens is 401 g/mol. The molecule has 3 rings (SSSR count). The van der Waals surface area contributed by atoms with Crippen LogP contribution in [0, 0.1) is 5.41 Å². The number of para-hydroxylation sites is 2. The molecule has 1 saturated heterocycles. The molecule has 1 amide bonds. The lowest BCUT2D eigenvalue weighted by molar-refractivity contribution is -0.179. The molecule has 6 nitrogen and oxygen atoms in total. The van der Waals surface area contributed by atoms with Gasteiger partial charge in [-0.25, -0.2) is 0 Å². The van der Waals surface area contributed by atoms with E-state index in [9.17, 15) is 4.79 Å². The summed E-state index contributed by atoms with van der Waals surface area (Å²) < 4.78 is 11.2. The van der Waals surface area contributed by atoms with Crippen molar-refractivity contribution in [2.75, 3.05) is 44.8 Å². The quantitative estimate of drug-likeness (QED) is 0.772. The first-order valence-corrected chi connectivity index (χ1v) is 9.43. The number of carbonyl (C=O) groups excluding carboxylic acids is 1.